The summed E-state index contributed by atoms with van der Waals surface area (Å²) in [6.07, 6.45) is 3.11. The zero-order valence-corrected chi connectivity index (χ0v) is 21.6. The van der Waals surface area contributed by atoms with Gasteiger partial charge in [-0.3, -0.25) is 19.2 Å². The van der Waals surface area contributed by atoms with E-state index in [-0.39, 0.29) is 25.7 Å². The fourth-order valence-corrected chi connectivity index (χ4v) is 4.12. The number of rotatable bonds is 16. The van der Waals surface area contributed by atoms with Gasteiger partial charge in [0, 0.05) is 29.9 Å². The van der Waals surface area contributed by atoms with Gasteiger partial charge in [-0.2, -0.15) is 11.8 Å². The van der Waals surface area contributed by atoms with Crippen molar-refractivity contribution >= 4 is 52.3 Å². The lowest BCUT2D eigenvalue weighted by Crippen LogP contribution is -2.58. The summed E-state index contributed by atoms with van der Waals surface area (Å²) in [4.78, 5) is 63.7. The quantitative estimate of drug-likeness (QED) is 0.129. The Hall–Kier alpha value is -3.62. The summed E-state index contributed by atoms with van der Waals surface area (Å²) in [5.74, 6) is -4.39. The first kappa shape index (κ1) is 30.6. The van der Waals surface area contributed by atoms with Crippen LogP contribution in [0.1, 0.15) is 24.8 Å². The molecule has 208 valence electrons. The van der Waals surface area contributed by atoms with Gasteiger partial charge in [0.2, 0.25) is 17.7 Å². The second kappa shape index (κ2) is 15.0. The minimum Gasteiger partial charge on any atom is -0.481 e. The van der Waals surface area contributed by atoms with E-state index >= 15 is 0 Å². The lowest BCUT2D eigenvalue weighted by Gasteiger charge is -2.24. The number of carboxylic acid groups (broad SMARTS) is 2. The highest BCUT2D eigenvalue weighted by atomic mass is 32.2. The van der Waals surface area contributed by atoms with Gasteiger partial charge in [0.05, 0.1) is 12.6 Å². The first-order valence-corrected chi connectivity index (χ1v) is 13.2. The summed E-state index contributed by atoms with van der Waals surface area (Å²) in [5.41, 5.74) is 7.19. The van der Waals surface area contributed by atoms with E-state index in [4.69, 9.17) is 10.8 Å². The molecule has 13 nitrogen and oxygen atoms in total. The molecule has 1 aromatic heterocycles. The Labute approximate surface area is 222 Å². The predicted molar refractivity (Wildman–Crippen MR) is 140 cm³/mol. The minimum absolute atomic E-state index is 0.0438. The number of aromatic nitrogens is 1. The highest BCUT2D eigenvalue weighted by molar-refractivity contribution is 7.98. The van der Waals surface area contributed by atoms with E-state index in [2.05, 4.69) is 20.9 Å². The molecule has 0 aliphatic rings. The summed E-state index contributed by atoms with van der Waals surface area (Å²) in [6.45, 7) is -0.821. The number of amides is 3. The Balaban J connectivity index is 2.06. The Morgan fingerprint density at radius 2 is 1.58 bits per heavy atom. The molecule has 1 heterocycles. The number of hydrogen-bond acceptors (Lipinski definition) is 8. The Morgan fingerprint density at radius 1 is 0.947 bits per heavy atom. The van der Waals surface area contributed by atoms with Crippen LogP contribution in [0.25, 0.3) is 10.9 Å². The van der Waals surface area contributed by atoms with Crippen LogP contribution >= 0.6 is 11.8 Å². The van der Waals surface area contributed by atoms with Crippen molar-refractivity contribution in [3.8, 4) is 0 Å². The van der Waals surface area contributed by atoms with Gasteiger partial charge in [-0.25, -0.2) is 4.79 Å². The number of hydrogen-bond donors (Lipinski definition) is 8. The average Bonchev–Trinajstić information content (AvgIpc) is 3.29. The number of aromatic amines is 1. The molecule has 0 aliphatic heterocycles. The van der Waals surface area contributed by atoms with E-state index in [1.807, 2.05) is 18.2 Å². The maximum Gasteiger partial charge on any atom is 0.326 e. The summed E-state index contributed by atoms with van der Waals surface area (Å²) in [6, 6.07) is 2.17. The Morgan fingerprint density at radius 3 is 2.21 bits per heavy atom. The van der Waals surface area contributed by atoms with Crippen molar-refractivity contribution in [1.29, 1.82) is 0 Å². The fourth-order valence-electron chi connectivity index (χ4n) is 3.65. The maximum atomic E-state index is 12.9. The van der Waals surface area contributed by atoms with Gasteiger partial charge in [0.25, 0.3) is 0 Å². The van der Waals surface area contributed by atoms with E-state index in [1.54, 1.807) is 18.5 Å². The average molecular weight is 552 g/mol. The van der Waals surface area contributed by atoms with Crippen LogP contribution in [0.5, 0.6) is 0 Å². The Bertz CT molecular complexity index is 1140. The number of carbonyl (C=O) groups excluding carboxylic acids is 3. The number of para-hydroxylation sites is 1. The number of aliphatic hydroxyl groups excluding tert-OH is 1. The van der Waals surface area contributed by atoms with Crippen LogP contribution in [0.2, 0.25) is 0 Å². The van der Waals surface area contributed by atoms with Crippen LogP contribution in [0.4, 0.5) is 0 Å². The standard InChI is InChI=1S/C24H33N5O8S/c1-38-9-8-17(27-21(33)15(25)6-7-20(31)32)22(34)29-19(12-30)23(35)28-18(24(36)37)10-13-11-26-16-5-3-2-4-14(13)16/h2-5,11,15,17-19,26,30H,6-10,12,25H2,1H3,(H,27,33)(H,28,35)(H,29,34)(H,31,32)(H,36,37). The van der Waals surface area contributed by atoms with Crippen molar-refractivity contribution in [2.75, 3.05) is 18.6 Å². The lowest BCUT2D eigenvalue weighted by molar-refractivity contribution is -0.142. The summed E-state index contributed by atoms with van der Waals surface area (Å²) >= 11 is 1.41. The molecule has 0 spiro atoms. The van der Waals surface area contributed by atoms with Crippen LogP contribution < -0.4 is 21.7 Å². The predicted octanol–water partition coefficient (Wildman–Crippen LogP) is -0.813. The molecule has 0 radical (unpaired) electrons. The van der Waals surface area contributed by atoms with Crippen LogP contribution in [0, 0.1) is 0 Å². The number of nitrogens with one attached hydrogen (secondary N) is 4. The van der Waals surface area contributed by atoms with Crippen molar-refractivity contribution in [1.82, 2.24) is 20.9 Å². The summed E-state index contributed by atoms with van der Waals surface area (Å²) in [5, 5.41) is 36.1. The second-order valence-corrected chi connectivity index (χ2v) is 9.57. The van der Waals surface area contributed by atoms with E-state index in [1.165, 1.54) is 11.8 Å². The van der Waals surface area contributed by atoms with Crippen molar-refractivity contribution < 1.29 is 39.3 Å². The van der Waals surface area contributed by atoms with E-state index < -0.39 is 60.4 Å². The van der Waals surface area contributed by atoms with Crippen LogP contribution in [0.3, 0.4) is 0 Å². The van der Waals surface area contributed by atoms with E-state index in [0.29, 0.717) is 11.3 Å². The first-order chi connectivity index (χ1) is 18.1. The van der Waals surface area contributed by atoms with Crippen molar-refractivity contribution in [2.24, 2.45) is 5.73 Å². The molecule has 0 saturated heterocycles. The number of fused-ring (bicyclic) bond motifs is 1. The number of carbonyl (C=O) groups is 5. The second-order valence-electron chi connectivity index (χ2n) is 8.59. The van der Waals surface area contributed by atoms with E-state index in [0.717, 1.165) is 10.9 Å². The minimum atomic E-state index is -1.48. The van der Waals surface area contributed by atoms with Crippen LogP contribution in [-0.2, 0) is 30.4 Å². The summed E-state index contributed by atoms with van der Waals surface area (Å²) < 4.78 is 0. The van der Waals surface area contributed by atoms with E-state index in [9.17, 15) is 34.2 Å². The first-order valence-electron chi connectivity index (χ1n) is 11.8. The number of thioether (sulfide) groups is 1. The molecule has 38 heavy (non-hydrogen) atoms. The molecular weight excluding hydrogens is 518 g/mol. The van der Waals surface area contributed by atoms with Gasteiger partial charge < -0.3 is 42.0 Å². The molecule has 1 aromatic carbocycles. The van der Waals surface area contributed by atoms with Crippen molar-refractivity contribution in [3.05, 3.63) is 36.0 Å². The number of H-pyrrole nitrogens is 1. The maximum absolute atomic E-state index is 12.9. The zero-order valence-electron chi connectivity index (χ0n) is 20.8. The molecule has 4 unspecified atom stereocenters. The smallest absolute Gasteiger partial charge is 0.326 e. The van der Waals surface area contributed by atoms with Crippen molar-refractivity contribution in [3.63, 3.8) is 0 Å². The van der Waals surface area contributed by atoms with Gasteiger partial charge in [-0.15, -0.1) is 0 Å². The number of aliphatic carboxylic acids is 2. The van der Waals surface area contributed by atoms with Crippen molar-refractivity contribution in [2.45, 2.75) is 49.9 Å². The van der Waals surface area contributed by atoms with Gasteiger partial charge in [-0.1, -0.05) is 18.2 Å². The third-order valence-electron chi connectivity index (χ3n) is 5.78. The molecule has 0 aliphatic carbocycles. The SMILES string of the molecule is CSCCC(NC(=O)C(N)CCC(=O)O)C(=O)NC(CO)C(=O)NC(Cc1c[nH]c2ccccc12)C(=O)O. The monoisotopic (exact) mass is 551 g/mol. The molecular formula is C24H33N5O8S. The molecule has 4 atom stereocenters. The topological polar surface area (TPSA) is 224 Å². The lowest BCUT2D eigenvalue weighted by atomic mass is 10.0. The van der Waals surface area contributed by atoms with Gasteiger partial charge in [-0.05, 0) is 36.5 Å². The molecule has 2 aromatic rings. The van der Waals surface area contributed by atoms with Gasteiger partial charge >= 0.3 is 11.9 Å². The molecule has 9 N–H and O–H groups in total. The number of benzene rings is 1. The molecule has 2 rings (SSSR count). The molecule has 14 heteroatoms. The van der Waals surface area contributed by atoms with Crippen LogP contribution in [-0.4, -0.2) is 92.7 Å². The van der Waals surface area contributed by atoms with Gasteiger partial charge in [0.1, 0.15) is 18.1 Å². The normalized spacial score (nSPS) is 14.2. The third-order valence-corrected chi connectivity index (χ3v) is 6.42. The fraction of sp³-hybridized carbons (Fsp3) is 0.458. The Kier molecular flexibility index (Phi) is 12.0. The number of aliphatic hydroxyl groups is 1. The highest BCUT2D eigenvalue weighted by Crippen LogP contribution is 2.19. The van der Waals surface area contributed by atoms with Gasteiger partial charge in [0.15, 0.2) is 0 Å². The number of nitrogens with two attached hydrogens (primary N) is 1. The third kappa shape index (κ3) is 9.04. The zero-order chi connectivity index (χ0) is 28.2. The molecule has 0 bridgehead atoms. The van der Waals surface area contributed by atoms with Crippen LogP contribution in [0.15, 0.2) is 30.5 Å². The number of carboxylic acids is 2. The summed E-state index contributed by atoms with van der Waals surface area (Å²) in [7, 11) is 0. The molecule has 3 amide bonds. The molecule has 0 saturated carbocycles. The molecule has 0 fully saturated rings. The largest absolute Gasteiger partial charge is 0.481 e. The highest BCUT2D eigenvalue weighted by Gasteiger charge is 2.30.